The van der Waals surface area contributed by atoms with Crippen molar-refractivity contribution in [2.75, 3.05) is 6.26 Å². The monoisotopic (exact) mass is 416 g/mol. The Morgan fingerprint density at radius 2 is 1.64 bits per heavy atom. The standard InChI is InChI=1S/C18H13F5N2O2S/c1-10-3-4-11(7-13(10)19)15-9-17(18(21,22)23)24-25(15)12-5-6-16(14(20)8-12)28(2,26)27/h3-9H,1-2H3. The van der Waals surface area contributed by atoms with Gasteiger partial charge in [-0.05, 0) is 36.8 Å². The lowest BCUT2D eigenvalue weighted by atomic mass is 10.1. The Morgan fingerprint density at radius 3 is 2.18 bits per heavy atom. The van der Waals surface area contributed by atoms with Crippen molar-refractivity contribution in [3.63, 3.8) is 0 Å². The first-order valence-corrected chi connectivity index (χ1v) is 9.71. The molecule has 0 aliphatic rings. The summed E-state index contributed by atoms with van der Waals surface area (Å²) in [6, 6.07) is 7.39. The van der Waals surface area contributed by atoms with E-state index in [1.807, 2.05) is 0 Å². The van der Waals surface area contributed by atoms with Crippen LogP contribution in [0, 0.1) is 18.6 Å². The lowest BCUT2D eigenvalue weighted by Gasteiger charge is -2.10. The summed E-state index contributed by atoms with van der Waals surface area (Å²) in [7, 11) is -3.86. The minimum atomic E-state index is -4.78. The first kappa shape index (κ1) is 20.0. The quantitative estimate of drug-likeness (QED) is 0.589. The minimum Gasteiger partial charge on any atom is -0.232 e. The molecule has 148 valence electrons. The summed E-state index contributed by atoms with van der Waals surface area (Å²) in [6.45, 7) is 1.50. The van der Waals surface area contributed by atoms with Gasteiger partial charge in [-0.1, -0.05) is 12.1 Å². The molecule has 10 heteroatoms. The van der Waals surface area contributed by atoms with E-state index in [1.54, 1.807) is 0 Å². The van der Waals surface area contributed by atoms with Crippen LogP contribution >= 0.6 is 0 Å². The van der Waals surface area contributed by atoms with E-state index in [9.17, 15) is 30.4 Å². The summed E-state index contributed by atoms with van der Waals surface area (Å²) in [6.07, 6.45) is -3.98. The third-order valence-electron chi connectivity index (χ3n) is 4.03. The van der Waals surface area contributed by atoms with Gasteiger partial charge in [-0.25, -0.2) is 21.9 Å². The highest BCUT2D eigenvalue weighted by atomic mass is 32.2. The molecule has 2 aromatic carbocycles. The molecule has 0 N–H and O–H groups in total. The van der Waals surface area contributed by atoms with Gasteiger partial charge in [0.2, 0.25) is 0 Å². The molecule has 4 nitrogen and oxygen atoms in total. The van der Waals surface area contributed by atoms with E-state index in [1.165, 1.54) is 19.1 Å². The van der Waals surface area contributed by atoms with Crippen LogP contribution in [0.2, 0.25) is 0 Å². The summed E-state index contributed by atoms with van der Waals surface area (Å²) in [5, 5.41) is 3.47. The van der Waals surface area contributed by atoms with Crippen LogP contribution in [0.1, 0.15) is 11.3 Å². The number of rotatable bonds is 3. The Labute approximate surface area is 157 Å². The Morgan fingerprint density at radius 1 is 0.964 bits per heavy atom. The van der Waals surface area contributed by atoms with Crippen molar-refractivity contribution in [2.45, 2.75) is 18.0 Å². The van der Waals surface area contributed by atoms with Crippen LogP contribution < -0.4 is 0 Å². The minimum absolute atomic E-state index is 0.0960. The number of benzene rings is 2. The molecule has 0 bridgehead atoms. The molecular formula is C18H13F5N2O2S. The van der Waals surface area contributed by atoms with Gasteiger partial charge in [0.1, 0.15) is 16.5 Å². The predicted molar refractivity (Wildman–Crippen MR) is 91.8 cm³/mol. The maximum atomic E-state index is 14.2. The lowest BCUT2D eigenvalue weighted by molar-refractivity contribution is -0.141. The number of sulfone groups is 1. The zero-order valence-corrected chi connectivity index (χ0v) is 15.4. The van der Waals surface area contributed by atoms with Gasteiger partial charge in [0.15, 0.2) is 15.5 Å². The van der Waals surface area contributed by atoms with Crippen LogP contribution in [0.15, 0.2) is 47.4 Å². The highest BCUT2D eigenvalue weighted by Gasteiger charge is 2.35. The maximum Gasteiger partial charge on any atom is 0.435 e. The highest BCUT2D eigenvalue weighted by molar-refractivity contribution is 7.90. The van der Waals surface area contributed by atoms with Crippen molar-refractivity contribution in [1.82, 2.24) is 9.78 Å². The van der Waals surface area contributed by atoms with Crippen LogP contribution in [0.4, 0.5) is 22.0 Å². The largest absolute Gasteiger partial charge is 0.435 e. The van der Waals surface area contributed by atoms with E-state index >= 15 is 0 Å². The van der Waals surface area contributed by atoms with Gasteiger partial charge < -0.3 is 0 Å². The molecule has 0 saturated carbocycles. The van der Waals surface area contributed by atoms with Crippen molar-refractivity contribution in [1.29, 1.82) is 0 Å². The van der Waals surface area contributed by atoms with Gasteiger partial charge in [0, 0.05) is 17.9 Å². The van der Waals surface area contributed by atoms with Crippen molar-refractivity contribution < 1.29 is 30.4 Å². The zero-order valence-electron chi connectivity index (χ0n) is 14.6. The van der Waals surface area contributed by atoms with Crippen LogP contribution in [-0.2, 0) is 16.0 Å². The van der Waals surface area contributed by atoms with Gasteiger partial charge in [-0.3, -0.25) is 0 Å². The van der Waals surface area contributed by atoms with Crippen LogP contribution in [0.5, 0.6) is 0 Å². The van der Waals surface area contributed by atoms with Gasteiger partial charge in [-0.15, -0.1) is 0 Å². The van der Waals surface area contributed by atoms with Crippen molar-refractivity contribution in [3.05, 3.63) is 65.4 Å². The third-order valence-corrected chi connectivity index (χ3v) is 5.16. The molecule has 0 atom stereocenters. The lowest BCUT2D eigenvalue weighted by Crippen LogP contribution is -2.08. The molecule has 0 unspecified atom stereocenters. The SMILES string of the molecule is Cc1ccc(-c2cc(C(F)(F)F)nn2-c2ccc(S(C)(=O)=O)c(F)c2)cc1F. The number of aromatic nitrogens is 2. The number of alkyl halides is 3. The van der Waals surface area contributed by atoms with Crippen molar-refractivity contribution in [3.8, 4) is 16.9 Å². The highest BCUT2D eigenvalue weighted by Crippen LogP contribution is 2.34. The molecule has 0 spiro atoms. The number of aryl methyl sites for hydroxylation is 1. The van der Waals surface area contributed by atoms with E-state index in [0.717, 1.165) is 35.2 Å². The van der Waals surface area contributed by atoms with Crippen LogP contribution in [-0.4, -0.2) is 24.5 Å². The first-order chi connectivity index (χ1) is 12.9. The van der Waals surface area contributed by atoms with Crippen LogP contribution in [0.25, 0.3) is 16.9 Å². The smallest absolute Gasteiger partial charge is 0.232 e. The van der Waals surface area contributed by atoms with E-state index in [4.69, 9.17) is 0 Å². The number of nitrogens with zero attached hydrogens (tertiary/aromatic N) is 2. The van der Waals surface area contributed by atoms with E-state index in [0.29, 0.717) is 11.6 Å². The summed E-state index contributed by atoms with van der Waals surface area (Å²) in [4.78, 5) is -0.595. The van der Waals surface area contributed by atoms with Gasteiger partial charge in [-0.2, -0.15) is 18.3 Å². The first-order valence-electron chi connectivity index (χ1n) is 7.81. The molecular weight excluding hydrogens is 403 g/mol. The number of hydrogen-bond acceptors (Lipinski definition) is 3. The van der Waals surface area contributed by atoms with E-state index in [-0.39, 0.29) is 16.9 Å². The second kappa shape index (κ2) is 6.69. The molecule has 3 rings (SSSR count). The normalized spacial score (nSPS) is 12.4. The van der Waals surface area contributed by atoms with Crippen LogP contribution in [0.3, 0.4) is 0 Å². The fourth-order valence-corrected chi connectivity index (χ4v) is 3.32. The molecule has 0 saturated heterocycles. The van der Waals surface area contributed by atoms with Crippen molar-refractivity contribution >= 4 is 9.84 Å². The number of hydrogen-bond donors (Lipinski definition) is 0. The molecule has 0 fully saturated rings. The predicted octanol–water partition coefficient (Wildman–Crippen LogP) is 4.55. The maximum absolute atomic E-state index is 14.2. The van der Waals surface area contributed by atoms with Gasteiger partial charge in [0.05, 0.1) is 11.4 Å². The average molecular weight is 416 g/mol. The number of halogens is 5. The molecule has 28 heavy (non-hydrogen) atoms. The van der Waals surface area contributed by atoms with E-state index in [2.05, 4.69) is 5.10 Å². The molecule has 0 amide bonds. The third kappa shape index (κ3) is 3.77. The molecule has 1 aromatic heterocycles. The molecule has 0 aliphatic heterocycles. The Balaban J connectivity index is 2.24. The zero-order chi connectivity index (χ0) is 20.9. The second-order valence-electron chi connectivity index (χ2n) is 6.18. The molecule has 0 radical (unpaired) electrons. The average Bonchev–Trinajstić information content (AvgIpc) is 3.01. The second-order valence-corrected chi connectivity index (χ2v) is 8.16. The summed E-state index contributed by atoms with van der Waals surface area (Å²) >= 11 is 0. The fourth-order valence-electron chi connectivity index (χ4n) is 2.60. The van der Waals surface area contributed by atoms with Crippen molar-refractivity contribution in [2.24, 2.45) is 0 Å². The topological polar surface area (TPSA) is 52.0 Å². The summed E-state index contributed by atoms with van der Waals surface area (Å²) in [5.74, 6) is -1.76. The van der Waals surface area contributed by atoms with E-state index < -0.39 is 38.2 Å². The summed E-state index contributed by atoms with van der Waals surface area (Å²) in [5.41, 5.74) is -1.13. The van der Waals surface area contributed by atoms with Gasteiger partial charge in [0.25, 0.3) is 0 Å². The molecule has 0 aliphatic carbocycles. The Kier molecular flexibility index (Phi) is 4.78. The molecule has 3 aromatic rings. The Bertz CT molecular complexity index is 1170. The van der Waals surface area contributed by atoms with Gasteiger partial charge >= 0.3 is 6.18 Å². The molecule has 1 heterocycles. The Hall–Kier alpha value is -2.75. The fraction of sp³-hybridized carbons (Fsp3) is 0.167. The summed E-state index contributed by atoms with van der Waals surface area (Å²) < 4.78 is 91.5.